The molecule has 0 spiro atoms. The van der Waals surface area contributed by atoms with Gasteiger partial charge in [0.05, 0.1) is 12.7 Å². The third-order valence-electron chi connectivity index (χ3n) is 4.37. The summed E-state index contributed by atoms with van der Waals surface area (Å²) in [6.07, 6.45) is -4.60. The van der Waals surface area contributed by atoms with Gasteiger partial charge in [0.15, 0.2) is 6.10 Å². The molecule has 1 unspecified atom stereocenters. The van der Waals surface area contributed by atoms with Crippen molar-refractivity contribution in [3.63, 3.8) is 0 Å². The average molecular weight is 422 g/mol. The number of hydrogen-bond acceptors (Lipinski definition) is 4. The maximum absolute atomic E-state index is 13.2. The van der Waals surface area contributed by atoms with E-state index in [4.69, 9.17) is 14.9 Å². The van der Waals surface area contributed by atoms with E-state index in [2.05, 4.69) is 5.32 Å². The minimum absolute atomic E-state index is 0.0711. The molecule has 0 aromatic heterocycles. The van der Waals surface area contributed by atoms with Crippen molar-refractivity contribution >= 4 is 12.1 Å². The topological polar surface area (TPSA) is 71.4 Å². The molecule has 1 atom stereocenters. The minimum atomic E-state index is -4.63. The molecule has 5 nitrogen and oxygen atoms in total. The zero-order chi connectivity index (χ0) is 22.3. The van der Waals surface area contributed by atoms with Gasteiger partial charge in [-0.25, -0.2) is 0 Å². The van der Waals surface area contributed by atoms with Crippen LogP contribution in [0.4, 0.5) is 13.2 Å². The Kier molecular flexibility index (Phi) is 7.86. The molecule has 0 fully saturated rings. The van der Waals surface area contributed by atoms with E-state index in [1.54, 1.807) is 19.2 Å². The third-order valence-corrected chi connectivity index (χ3v) is 4.37. The molecule has 0 aliphatic rings. The average Bonchev–Trinajstić information content (AvgIpc) is 2.70. The van der Waals surface area contributed by atoms with Crippen molar-refractivity contribution in [2.24, 2.45) is 5.92 Å². The van der Waals surface area contributed by atoms with Gasteiger partial charge in [-0.2, -0.15) is 13.2 Å². The lowest BCUT2D eigenvalue weighted by Gasteiger charge is -2.21. The molecule has 0 radical (unpaired) electrons. The van der Waals surface area contributed by atoms with Gasteiger partial charge in [0.1, 0.15) is 11.5 Å². The number of ether oxygens (including phenoxy) is 2. The van der Waals surface area contributed by atoms with Crippen molar-refractivity contribution in [2.45, 2.75) is 39.1 Å². The van der Waals surface area contributed by atoms with E-state index in [1.165, 1.54) is 6.07 Å². The van der Waals surface area contributed by atoms with E-state index in [1.807, 2.05) is 26.0 Å². The first-order valence-electron chi connectivity index (χ1n) is 9.43. The molecule has 0 saturated carbocycles. The van der Waals surface area contributed by atoms with Crippen LogP contribution in [-0.2, 0) is 17.5 Å². The van der Waals surface area contributed by atoms with E-state index in [0.717, 1.165) is 17.7 Å². The quantitative estimate of drug-likeness (QED) is 0.569. The summed E-state index contributed by atoms with van der Waals surface area (Å²) in [4.78, 5) is 12.7. The van der Waals surface area contributed by atoms with Crippen molar-refractivity contribution < 1.29 is 27.4 Å². The molecule has 2 rings (SSSR count). The van der Waals surface area contributed by atoms with E-state index in [9.17, 15) is 18.0 Å². The number of rotatable bonds is 9. The lowest BCUT2D eigenvalue weighted by molar-refractivity contribution is -0.137. The Morgan fingerprint density at radius 1 is 1.13 bits per heavy atom. The van der Waals surface area contributed by atoms with Gasteiger partial charge in [-0.1, -0.05) is 26.0 Å². The Morgan fingerprint density at radius 2 is 1.77 bits per heavy atom. The van der Waals surface area contributed by atoms with Gasteiger partial charge < -0.3 is 20.2 Å². The number of methoxy groups -OCH3 is 1. The van der Waals surface area contributed by atoms with Crippen LogP contribution in [0.25, 0.3) is 0 Å². The molecule has 2 N–H and O–H groups in total. The fourth-order valence-corrected chi connectivity index (χ4v) is 2.83. The molecule has 0 bridgehead atoms. The molecule has 2 aromatic carbocycles. The van der Waals surface area contributed by atoms with Crippen LogP contribution >= 0.6 is 0 Å². The molecule has 0 aliphatic carbocycles. The van der Waals surface area contributed by atoms with E-state index >= 15 is 0 Å². The summed E-state index contributed by atoms with van der Waals surface area (Å²) < 4.78 is 50.4. The van der Waals surface area contributed by atoms with Crippen molar-refractivity contribution in [1.29, 1.82) is 5.41 Å². The van der Waals surface area contributed by atoms with E-state index in [0.29, 0.717) is 18.4 Å². The molecule has 162 valence electrons. The number of benzene rings is 2. The number of carbonyl (C=O) groups is 1. The number of alkyl halides is 3. The summed E-state index contributed by atoms with van der Waals surface area (Å²) in [6.45, 7) is 4.04. The molecule has 8 heteroatoms. The minimum Gasteiger partial charge on any atom is -0.497 e. The Balaban J connectivity index is 2.14. The Morgan fingerprint density at radius 3 is 2.30 bits per heavy atom. The van der Waals surface area contributed by atoms with Crippen LogP contribution in [0.15, 0.2) is 42.5 Å². The summed E-state index contributed by atoms with van der Waals surface area (Å²) in [5.74, 6) is 0.298. The predicted molar refractivity (Wildman–Crippen MR) is 108 cm³/mol. The third kappa shape index (κ3) is 6.50. The predicted octanol–water partition coefficient (Wildman–Crippen LogP) is 4.82. The molecule has 0 aliphatic heterocycles. The van der Waals surface area contributed by atoms with Gasteiger partial charge in [0.25, 0.3) is 5.91 Å². The SMILES string of the molecule is COc1ccc(CNC(=O)C(CC(C)C)Oc2ccc(C=N)c(C(F)(F)F)c2)cc1. The second-order valence-corrected chi connectivity index (χ2v) is 7.19. The van der Waals surface area contributed by atoms with Crippen molar-refractivity contribution in [1.82, 2.24) is 5.32 Å². The van der Waals surface area contributed by atoms with E-state index < -0.39 is 23.8 Å². The van der Waals surface area contributed by atoms with Gasteiger partial charge in [-0.15, -0.1) is 0 Å². The van der Waals surface area contributed by atoms with Gasteiger partial charge in [0.2, 0.25) is 0 Å². The monoisotopic (exact) mass is 422 g/mol. The fraction of sp³-hybridized carbons (Fsp3) is 0.364. The van der Waals surface area contributed by atoms with Crippen LogP contribution in [0.1, 0.15) is 37.0 Å². The first kappa shape index (κ1) is 23.3. The summed E-state index contributed by atoms with van der Waals surface area (Å²) in [6, 6.07) is 10.5. The number of hydrogen-bond donors (Lipinski definition) is 2. The Bertz CT molecular complexity index is 865. The largest absolute Gasteiger partial charge is 0.497 e. The van der Waals surface area contributed by atoms with Crippen LogP contribution in [0.3, 0.4) is 0 Å². The molecule has 1 amide bonds. The molecule has 2 aromatic rings. The molecular formula is C22H25F3N2O3. The fourth-order valence-electron chi connectivity index (χ4n) is 2.83. The zero-order valence-corrected chi connectivity index (χ0v) is 17.0. The van der Waals surface area contributed by atoms with Crippen molar-refractivity contribution in [3.05, 3.63) is 59.2 Å². The molecule has 0 saturated heterocycles. The molecule has 0 heterocycles. The van der Waals surface area contributed by atoms with Crippen LogP contribution in [0.5, 0.6) is 11.5 Å². The van der Waals surface area contributed by atoms with Gasteiger partial charge in [-0.05, 0) is 48.2 Å². The lowest BCUT2D eigenvalue weighted by atomic mass is 10.0. The normalized spacial score (nSPS) is 12.4. The lowest BCUT2D eigenvalue weighted by Crippen LogP contribution is -2.39. The Hall–Kier alpha value is -3.03. The summed E-state index contributed by atoms with van der Waals surface area (Å²) in [5.41, 5.74) is -0.390. The number of halogens is 3. The van der Waals surface area contributed by atoms with Crippen LogP contribution < -0.4 is 14.8 Å². The van der Waals surface area contributed by atoms with Gasteiger partial charge in [-0.3, -0.25) is 4.79 Å². The number of amides is 1. The van der Waals surface area contributed by atoms with Crippen LogP contribution in [-0.4, -0.2) is 25.3 Å². The summed E-state index contributed by atoms with van der Waals surface area (Å²) >= 11 is 0. The Labute approximate surface area is 173 Å². The summed E-state index contributed by atoms with van der Waals surface area (Å²) in [7, 11) is 1.56. The maximum Gasteiger partial charge on any atom is 0.417 e. The first-order chi connectivity index (χ1) is 14.1. The van der Waals surface area contributed by atoms with Crippen LogP contribution in [0, 0.1) is 11.3 Å². The standard InChI is InChI=1S/C22H25F3N2O3/c1-14(2)10-20(21(28)27-13-15-4-7-17(29-3)8-5-15)30-18-9-6-16(12-26)19(11-18)22(23,24)25/h4-9,11-12,14,20,26H,10,13H2,1-3H3,(H,27,28). The second kappa shape index (κ2) is 10.1. The smallest absolute Gasteiger partial charge is 0.417 e. The van der Waals surface area contributed by atoms with Crippen molar-refractivity contribution in [3.8, 4) is 11.5 Å². The first-order valence-corrected chi connectivity index (χ1v) is 9.43. The number of carbonyl (C=O) groups excluding carboxylic acids is 1. The highest BCUT2D eigenvalue weighted by Crippen LogP contribution is 2.34. The van der Waals surface area contributed by atoms with Gasteiger partial charge in [0, 0.05) is 18.3 Å². The highest BCUT2D eigenvalue weighted by molar-refractivity contribution is 5.82. The van der Waals surface area contributed by atoms with Crippen molar-refractivity contribution in [2.75, 3.05) is 7.11 Å². The molecule has 30 heavy (non-hydrogen) atoms. The highest BCUT2D eigenvalue weighted by atomic mass is 19.4. The van der Waals surface area contributed by atoms with Crippen LogP contribution in [0.2, 0.25) is 0 Å². The molecular weight excluding hydrogens is 397 g/mol. The number of nitrogens with one attached hydrogen (secondary N) is 2. The second-order valence-electron chi connectivity index (χ2n) is 7.19. The van der Waals surface area contributed by atoms with Gasteiger partial charge >= 0.3 is 6.18 Å². The maximum atomic E-state index is 13.2. The van der Waals surface area contributed by atoms with E-state index in [-0.39, 0.29) is 23.8 Å². The zero-order valence-electron chi connectivity index (χ0n) is 17.0. The summed E-state index contributed by atoms with van der Waals surface area (Å²) in [5, 5.41) is 9.93. The highest BCUT2D eigenvalue weighted by Gasteiger charge is 2.34.